The van der Waals surface area contributed by atoms with Crippen LogP contribution in [0, 0.1) is 5.41 Å². The van der Waals surface area contributed by atoms with Gasteiger partial charge in [-0.15, -0.1) is 0 Å². The first kappa shape index (κ1) is 16.8. The van der Waals surface area contributed by atoms with Crippen molar-refractivity contribution in [2.75, 3.05) is 0 Å². The average Bonchev–Trinajstić information content (AvgIpc) is 2.55. The van der Waals surface area contributed by atoms with E-state index in [-0.39, 0.29) is 10.5 Å². The van der Waals surface area contributed by atoms with Crippen LogP contribution >= 0.6 is 11.8 Å². The lowest BCUT2D eigenvalue weighted by Crippen LogP contribution is -2.42. The molecule has 2 nitrogen and oxygen atoms in total. The molecular weight excluding hydrogens is 316 g/mol. The Bertz CT molecular complexity index is 772. The van der Waals surface area contributed by atoms with E-state index in [1.807, 2.05) is 67.6 Å². The summed E-state index contributed by atoms with van der Waals surface area (Å²) >= 11 is 1.28. The van der Waals surface area contributed by atoms with Gasteiger partial charge in [-0.3, -0.25) is 4.79 Å². The molecule has 0 aliphatic carbocycles. The number of carbonyl (C=O) groups is 1. The lowest BCUT2D eigenvalue weighted by Gasteiger charge is -2.44. The average molecular weight is 338 g/mol. The Hall–Kier alpha value is -2.00. The van der Waals surface area contributed by atoms with Gasteiger partial charge in [0.15, 0.2) is 4.93 Å². The van der Waals surface area contributed by atoms with Crippen molar-refractivity contribution >= 4 is 28.2 Å². The number of carbonyl (C=O) groups excluding carboxylic acids is 1. The van der Waals surface area contributed by atoms with E-state index in [9.17, 15) is 4.79 Å². The van der Waals surface area contributed by atoms with E-state index in [1.165, 1.54) is 11.8 Å². The van der Waals surface area contributed by atoms with Crippen molar-refractivity contribution in [3.63, 3.8) is 0 Å². The first-order valence-corrected chi connectivity index (χ1v) is 8.91. The monoisotopic (exact) mass is 338 g/mol. The van der Waals surface area contributed by atoms with Gasteiger partial charge in [-0.2, -0.15) is 0 Å². The number of thioether (sulfide) groups is 1. The highest BCUT2D eigenvalue weighted by molar-refractivity contribution is 8.15. The Balaban J connectivity index is 2.21. The summed E-state index contributed by atoms with van der Waals surface area (Å²) in [6.45, 7) is 8.30. The van der Waals surface area contributed by atoms with Gasteiger partial charge < -0.3 is 4.74 Å². The largest absolute Gasteiger partial charge is 0.474 e. The predicted molar refractivity (Wildman–Crippen MR) is 101 cm³/mol. The topological polar surface area (TPSA) is 26.3 Å². The molecule has 1 atom stereocenters. The van der Waals surface area contributed by atoms with E-state index >= 15 is 0 Å². The van der Waals surface area contributed by atoms with E-state index < -0.39 is 4.93 Å². The third-order valence-corrected chi connectivity index (χ3v) is 5.95. The predicted octanol–water partition coefficient (Wildman–Crippen LogP) is 5.61. The Morgan fingerprint density at radius 3 is 1.88 bits per heavy atom. The molecule has 124 valence electrons. The number of hydrogen-bond donors (Lipinski definition) is 0. The molecule has 0 aromatic heterocycles. The fraction of sp³-hybridized carbons (Fsp3) is 0.286. The summed E-state index contributed by atoms with van der Waals surface area (Å²) in [5.41, 5.74) is 2.29. The maximum Gasteiger partial charge on any atom is 0.227 e. The fourth-order valence-electron chi connectivity index (χ4n) is 2.54. The van der Waals surface area contributed by atoms with Crippen molar-refractivity contribution in [1.82, 2.24) is 0 Å². The first-order chi connectivity index (χ1) is 11.3. The molecule has 0 fully saturated rings. The molecule has 1 aliphatic rings. The molecule has 3 heteroatoms. The molecule has 2 aromatic rings. The molecule has 0 amide bonds. The van der Waals surface area contributed by atoms with Gasteiger partial charge in [0.1, 0.15) is 5.76 Å². The molecule has 2 aromatic carbocycles. The van der Waals surface area contributed by atoms with Gasteiger partial charge in [0.25, 0.3) is 0 Å². The van der Waals surface area contributed by atoms with Gasteiger partial charge in [-0.1, -0.05) is 81.4 Å². The number of hydrogen-bond acceptors (Lipinski definition) is 3. The summed E-state index contributed by atoms with van der Waals surface area (Å²) in [7, 11) is 0. The van der Waals surface area contributed by atoms with Crippen LogP contribution < -0.4 is 0 Å². The number of rotatable bonds is 2. The molecule has 24 heavy (non-hydrogen) atoms. The maximum atomic E-state index is 13.1. The van der Waals surface area contributed by atoms with Gasteiger partial charge in [-0.05, 0) is 24.2 Å². The van der Waals surface area contributed by atoms with Gasteiger partial charge in [0, 0.05) is 11.0 Å². The van der Waals surface area contributed by atoms with Gasteiger partial charge >= 0.3 is 0 Å². The van der Waals surface area contributed by atoms with E-state index in [2.05, 4.69) is 20.8 Å². The summed E-state index contributed by atoms with van der Waals surface area (Å²) in [6, 6.07) is 19.6. The molecule has 1 heterocycles. The molecule has 0 saturated carbocycles. The van der Waals surface area contributed by atoms with Crippen LogP contribution in [0.5, 0.6) is 0 Å². The van der Waals surface area contributed by atoms with E-state index in [0.717, 1.165) is 11.1 Å². The van der Waals surface area contributed by atoms with Crippen LogP contribution in [0.4, 0.5) is 0 Å². The summed E-state index contributed by atoms with van der Waals surface area (Å²) in [5.74, 6) is 0.669. The van der Waals surface area contributed by atoms with Crippen molar-refractivity contribution in [3.8, 4) is 0 Å². The second-order valence-corrected chi connectivity index (χ2v) is 8.48. The lowest BCUT2D eigenvalue weighted by molar-refractivity contribution is -0.107. The Labute approximate surface area is 147 Å². The Morgan fingerprint density at radius 2 is 1.38 bits per heavy atom. The molecule has 0 N–H and O–H groups in total. The summed E-state index contributed by atoms with van der Waals surface area (Å²) in [4.78, 5) is 12.4. The third kappa shape index (κ3) is 3.01. The minimum Gasteiger partial charge on any atom is -0.474 e. The zero-order chi connectivity index (χ0) is 17.4. The minimum absolute atomic E-state index is 0.0590. The van der Waals surface area contributed by atoms with Crippen LogP contribution in [-0.2, 0) is 9.53 Å². The van der Waals surface area contributed by atoms with Crippen molar-refractivity contribution in [2.24, 2.45) is 5.41 Å². The summed E-state index contributed by atoms with van der Waals surface area (Å²) in [6.07, 6.45) is 0. The van der Waals surface area contributed by atoms with Crippen LogP contribution in [0.2, 0.25) is 0 Å². The molecule has 0 saturated heterocycles. The van der Waals surface area contributed by atoms with Crippen LogP contribution in [0.25, 0.3) is 11.3 Å². The lowest BCUT2D eigenvalue weighted by atomic mass is 9.89. The summed E-state index contributed by atoms with van der Waals surface area (Å²) in [5, 5.41) is 0.0590. The van der Waals surface area contributed by atoms with Crippen molar-refractivity contribution < 1.29 is 9.53 Å². The van der Waals surface area contributed by atoms with Crippen molar-refractivity contribution in [2.45, 2.75) is 32.6 Å². The summed E-state index contributed by atoms with van der Waals surface area (Å²) < 4.78 is 6.48. The van der Waals surface area contributed by atoms with Gasteiger partial charge in [-0.25, -0.2) is 0 Å². The van der Waals surface area contributed by atoms with E-state index in [0.29, 0.717) is 11.3 Å². The first-order valence-electron chi connectivity index (χ1n) is 8.09. The molecule has 1 unspecified atom stereocenters. The zero-order valence-electron chi connectivity index (χ0n) is 14.5. The van der Waals surface area contributed by atoms with E-state index in [4.69, 9.17) is 4.74 Å². The van der Waals surface area contributed by atoms with Crippen molar-refractivity contribution in [3.05, 3.63) is 71.8 Å². The van der Waals surface area contributed by atoms with Crippen LogP contribution in [0.15, 0.2) is 60.7 Å². The normalized spacial score (nSPS) is 21.6. The van der Waals surface area contributed by atoms with Crippen LogP contribution in [0.3, 0.4) is 0 Å². The SMILES string of the molecule is CC(C)(C)C1(C)OC(c2ccccc2)=C(c2ccccc2)C(=O)S1. The standard InChI is InChI=1S/C21H22O2S/c1-20(2,3)21(4)23-18(16-13-9-6-10-14-16)17(19(22)24-21)15-11-7-5-8-12-15/h5-14H,1-4H3. The second kappa shape index (κ2) is 6.14. The highest BCUT2D eigenvalue weighted by Crippen LogP contribution is 2.52. The quantitative estimate of drug-likeness (QED) is 0.712. The van der Waals surface area contributed by atoms with E-state index in [1.54, 1.807) is 0 Å². The third-order valence-electron chi connectivity index (χ3n) is 4.48. The Morgan fingerprint density at radius 1 is 0.875 bits per heavy atom. The smallest absolute Gasteiger partial charge is 0.227 e. The number of benzene rings is 2. The van der Waals surface area contributed by atoms with Crippen LogP contribution in [-0.4, -0.2) is 10.0 Å². The fourth-order valence-corrected chi connectivity index (χ4v) is 3.64. The second-order valence-electron chi connectivity index (χ2n) is 7.12. The van der Waals surface area contributed by atoms with Crippen LogP contribution in [0.1, 0.15) is 38.8 Å². The molecule has 0 radical (unpaired) electrons. The molecule has 1 aliphatic heterocycles. The Kier molecular flexibility index (Phi) is 4.31. The molecule has 3 rings (SSSR count). The molecule has 0 bridgehead atoms. The molecular formula is C21H22O2S. The highest BCUT2D eigenvalue weighted by atomic mass is 32.2. The van der Waals surface area contributed by atoms with Gasteiger partial charge in [0.05, 0.1) is 5.57 Å². The maximum absolute atomic E-state index is 13.1. The van der Waals surface area contributed by atoms with Crippen molar-refractivity contribution in [1.29, 1.82) is 0 Å². The number of ether oxygens (including phenoxy) is 1. The highest BCUT2D eigenvalue weighted by Gasteiger charge is 2.47. The zero-order valence-corrected chi connectivity index (χ0v) is 15.3. The van der Waals surface area contributed by atoms with Gasteiger partial charge in [0.2, 0.25) is 5.12 Å². The molecule has 0 spiro atoms. The minimum atomic E-state index is -0.618.